The van der Waals surface area contributed by atoms with Gasteiger partial charge in [-0.2, -0.15) is 5.26 Å². The van der Waals surface area contributed by atoms with Gasteiger partial charge in [0.15, 0.2) is 6.29 Å². The number of para-hydroxylation sites is 1. The number of aromatic nitrogens is 1. The number of aldehydes is 1. The molecule has 4 nitrogen and oxygen atoms in total. The van der Waals surface area contributed by atoms with Gasteiger partial charge in [0, 0.05) is 18.0 Å². The normalized spacial score (nSPS) is 10.5. The Bertz CT molecular complexity index is 658. The Balaban J connectivity index is 2.54. The summed E-state index contributed by atoms with van der Waals surface area (Å²) in [6.45, 7) is 4.63. The molecule has 1 heterocycles. The van der Waals surface area contributed by atoms with Gasteiger partial charge in [-0.3, -0.25) is 4.79 Å². The quantitative estimate of drug-likeness (QED) is 0.781. The number of carbonyl (C=O) groups excluding carboxylic acids is 1. The van der Waals surface area contributed by atoms with Gasteiger partial charge >= 0.3 is 0 Å². The number of fused-ring (bicyclic) bond motifs is 1. The smallest absolute Gasteiger partial charge is 0.153 e. The van der Waals surface area contributed by atoms with Gasteiger partial charge in [0.05, 0.1) is 23.6 Å². The van der Waals surface area contributed by atoms with E-state index in [1.165, 1.54) is 0 Å². The van der Waals surface area contributed by atoms with Crippen LogP contribution in [0.5, 0.6) is 0 Å². The Morgan fingerprint density at radius 3 is 2.80 bits per heavy atom. The monoisotopic (exact) mass is 267 g/mol. The van der Waals surface area contributed by atoms with E-state index >= 15 is 0 Å². The molecule has 0 spiro atoms. The number of pyridine rings is 1. The molecule has 0 bridgehead atoms. The molecule has 0 aliphatic rings. The summed E-state index contributed by atoms with van der Waals surface area (Å²) in [4.78, 5) is 17.9. The number of anilines is 1. The molecule has 20 heavy (non-hydrogen) atoms. The second-order valence-corrected chi connectivity index (χ2v) is 4.91. The first-order valence-electron chi connectivity index (χ1n) is 6.66. The number of hydrogen-bond acceptors (Lipinski definition) is 4. The maximum absolute atomic E-state index is 11.3. The minimum atomic E-state index is 0.177. The topological polar surface area (TPSA) is 57.0 Å². The van der Waals surface area contributed by atoms with Crippen LogP contribution in [-0.2, 0) is 0 Å². The molecule has 0 saturated carbocycles. The van der Waals surface area contributed by atoms with E-state index in [-0.39, 0.29) is 6.04 Å². The van der Waals surface area contributed by atoms with Crippen molar-refractivity contribution in [3.05, 3.63) is 35.9 Å². The minimum Gasteiger partial charge on any atom is -0.353 e. The highest BCUT2D eigenvalue weighted by Crippen LogP contribution is 2.24. The van der Waals surface area contributed by atoms with Crippen LogP contribution in [0.25, 0.3) is 10.9 Å². The predicted octanol–water partition coefficient (Wildman–Crippen LogP) is 3.18. The standard InChI is InChI=1S/C16H17N3O/c1-12(2)19(9-5-8-17)16-14(11-20)10-13-6-3-4-7-15(13)18-16/h3-4,6-7,10-12H,5,9H2,1-2H3. The lowest BCUT2D eigenvalue weighted by molar-refractivity contribution is 0.112. The van der Waals surface area contributed by atoms with Crippen LogP contribution in [0.1, 0.15) is 30.6 Å². The zero-order valence-electron chi connectivity index (χ0n) is 11.7. The summed E-state index contributed by atoms with van der Waals surface area (Å²) in [6.07, 6.45) is 1.24. The molecule has 0 aliphatic carbocycles. The number of benzene rings is 1. The summed E-state index contributed by atoms with van der Waals surface area (Å²) >= 11 is 0. The predicted molar refractivity (Wildman–Crippen MR) is 79.8 cm³/mol. The molecule has 0 atom stereocenters. The highest BCUT2D eigenvalue weighted by atomic mass is 16.1. The fraction of sp³-hybridized carbons (Fsp3) is 0.312. The van der Waals surface area contributed by atoms with Gasteiger partial charge in [0.25, 0.3) is 0 Å². The van der Waals surface area contributed by atoms with E-state index in [2.05, 4.69) is 11.1 Å². The van der Waals surface area contributed by atoms with E-state index in [9.17, 15) is 4.79 Å². The Hall–Kier alpha value is -2.41. The maximum Gasteiger partial charge on any atom is 0.153 e. The molecule has 2 rings (SSSR count). The van der Waals surface area contributed by atoms with Crippen molar-refractivity contribution in [1.29, 1.82) is 5.26 Å². The fourth-order valence-electron chi connectivity index (χ4n) is 2.22. The van der Waals surface area contributed by atoms with Gasteiger partial charge in [-0.05, 0) is 26.0 Å². The van der Waals surface area contributed by atoms with Crippen LogP contribution >= 0.6 is 0 Å². The molecule has 0 N–H and O–H groups in total. The van der Waals surface area contributed by atoms with E-state index in [0.717, 1.165) is 17.2 Å². The van der Waals surface area contributed by atoms with Crippen LogP contribution in [0.2, 0.25) is 0 Å². The summed E-state index contributed by atoms with van der Waals surface area (Å²) < 4.78 is 0. The Morgan fingerprint density at radius 2 is 2.15 bits per heavy atom. The van der Waals surface area contributed by atoms with E-state index < -0.39 is 0 Å². The van der Waals surface area contributed by atoms with Gasteiger partial charge in [-0.25, -0.2) is 4.98 Å². The molecule has 4 heteroatoms. The first-order chi connectivity index (χ1) is 9.67. The molecule has 0 fully saturated rings. The molecule has 1 aromatic heterocycles. The van der Waals surface area contributed by atoms with E-state index in [4.69, 9.17) is 5.26 Å². The third kappa shape index (κ3) is 2.77. The Labute approximate surface area is 118 Å². The van der Waals surface area contributed by atoms with Crippen molar-refractivity contribution in [2.75, 3.05) is 11.4 Å². The number of nitrogens with zero attached hydrogens (tertiary/aromatic N) is 3. The number of rotatable bonds is 5. The lowest BCUT2D eigenvalue weighted by Crippen LogP contribution is -2.33. The third-order valence-corrected chi connectivity index (χ3v) is 3.22. The fourth-order valence-corrected chi connectivity index (χ4v) is 2.22. The van der Waals surface area contributed by atoms with E-state index in [1.807, 2.05) is 49.1 Å². The van der Waals surface area contributed by atoms with Crippen LogP contribution in [0, 0.1) is 11.3 Å². The van der Waals surface area contributed by atoms with Crippen LogP contribution in [-0.4, -0.2) is 23.9 Å². The molecule has 0 unspecified atom stereocenters. The summed E-state index contributed by atoms with van der Waals surface area (Å²) in [5.74, 6) is 0.656. The SMILES string of the molecule is CC(C)N(CCC#N)c1nc2ccccc2cc1C=O. The summed E-state index contributed by atoms with van der Waals surface area (Å²) in [5, 5.41) is 9.72. The first kappa shape index (κ1) is 14.0. The van der Waals surface area contributed by atoms with Gasteiger partial charge in [0.2, 0.25) is 0 Å². The highest BCUT2D eigenvalue weighted by molar-refractivity contribution is 5.91. The average Bonchev–Trinajstić information content (AvgIpc) is 2.46. The van der Waals surface area contributed by atoms with Crippen molar-refractivity contribution in [3.63, 3.8) is 0 Å². The largest absolute Gasteiger partial charge is 0.353 e. The zero-order chi connectivity index (χ0) is 14.5. The van der Waals surface area contributed by atoms with E-state index in [0.29, 0.717) is 24.3 Å². The van der Waals surface area contributed by atoms with Crippen molar-refractivity contribution >= 4 is 23.0 Å². The molecule has 1 aromatic carbocycles. The zero-order valence-corrected chi connectivity index (χ0v) is 11.7. The van der Waals surface area contributed by atoms with Crippen molar-refractivity contribution < 1.29 is 4.79 Å². The molecule has 102 valence electrons. The van der Waals surface area contributed by atoms with Gasteiger partial charge in [0.1, 0.15) is 5.82 Å². The second-order valence-electron chi connectivity index (χ2n) is 4.91. The first-order valence-corrected chi connectivity index (χ1v) is 6.66. The summed E-state index contributed by atoms with van der Waals surface area (Å²) in [7, 11) is 0. The second kappa shape index (κ2) is 6.16. The van der Waals surface area contributed by atoms with Crippen LogP contribution in [0.4, 0.5) is 5.82 Å². The maximum atomic E-state index is 11.3. The minimum absolute atomic E-state index is 0.177. The number of nitriles is 1. The van der Waals surface area contributed by atoms with E-state index in [1.54, 1.807) is 0 Å². The molecule has 0 aliphatic heterocycles. The Kier molecular flexibility index (Phi) is 4.31. The lowest BCUT2D eigenvalue weighted by Gasteiger charge is -2.28. The highest BCUT2D eigenvalue weighted by Gasteiger charge is 2.16. The van der Waals surface area contributed by atoms with Crippen molar-refractivity contribution in [3.8, 4) is 6.07 Å². The lowest BCUT2D eigenvalue weighted by atomic mass is 10.1. The summed E-state index contributed by atoms with van der Waals surface area (Å²) in [6, 6.07) is 11.9. The molecular formula is C16H17N3O. The molecular weight excluding hydrogens is 250 g/mol. The van der Waals surface area contributed by atoms with Crippen molar-refractivity contribution in [2.45, 2.75) is 26.3 Å². The number of hydrogen-bond donors (Lipinski definition) is 0. The third-order valence-electron chi connectivity index (χ3n) is 3.22. The molecule has 0 saturated heterocycles. The molecule has 0 radical (unpaired) electrons. The van der Waals surface area contributed by atoms with Gasteiger partial charge in [-0.15, -0.1) is 0 Å². The molecule has 2 aromatic rings. The van der Waals surface area contributed by atoms with Crippen LogP contribution in [0.15, 0.2) is 30.3 Å². The van der Waals surface area contributed by atoms with Gasteiger partial charge < -0.3 is 4.90 Å². The van der Waals surface area contributed by atoms with Gasteiger partial charge in [-0.1, -0.05) is 18.2 Å². The van der Waals surface area contributed by atoms with Crippen molar-refractivity contribution in [2.24, 2.45) is 0 Å². The Morgan fingerprint density at radius 1 is 1.40 bits per heavy atom. The van der Waals surface area contributed by atoms with Crippen molar-refractivity contribution in [1.82, 2.24) is 4.98 Å². The van der Waals surface area contributed by atoms with Crippen LogP contribution in [0.3, 0.4) is 0 Å². The molecule has 0 amide bonds. The van der Waals surface area contributed by atoms with Crippen LogP contribution < -0.4 is 4.90 Å². The summed E-state index contributed by atoms with van der Waals surface area (Å²) in [5.41, 5.74) is 1.42. The average molecular weight is 267 g/mol. The number of carbonyl (C=O) groups is 1.